The third-order valence-corrected chi connectivity index (χ3v) is 7.38. The summed E-state index contributed by atoms with van der Waals surface area (Å²) >= 11 is 0. The largest absolute Gasteiger partial charge is 0.508 e. The Kier molecular flexibility index (Phi) is 8.83. The van der Waals surface area contributed by atoms with Crippen molar-refractivity contribution >= 4 is 15.6 Å². The Hall–Kier alpha value is -0.820. The minimum atomic E-state index is -4.95. The van der Waals surface area contributed by atoms with Crippen LogP contribution in [0.25, 0.3) is 0 Å². The molecule has 29 heavy (non-hydrogen) atoms. The summed E-state index contributed by atoms with van der Waals surface area (Å²) in [6.45, 7) is 5.88. The highest BCUT2D eigenvalue weighted by Gasteiger charge is 2.40. The average Bonchev–Trinajstić information content (AvgIpc) is 2.60. The monoisotopic (exact) mass is 448 g/mol. The van der Waals surface area contributed by atoms with Crippen LogP contribution in [0.3, 0.4) is 0 Å². The Morgan fingerprint density at radius 2 is 1.59 bits per heavy atom. The van der Waals surface area contributed by atoms with Gasteiger partial charge >= 0.3 is 15.6 Å². The fourth-order valence-corrected chi connectivity index (χ4v) is 5.61. The average molecular weight is 448 g/mol. The summed E-state index contributed by atoms with van der Waals surface area (Å²) < 4.78 is 38.1. The van der Waals surface area contributed by atoms with E-state index in [9.17, 15) is 18.9 Å². The second kappa shape index (κ2) is 10.5. The molecule has 0 aliphatic heterocycles. The molecule has 8 nitrogen and oxygen atoms in total. The van der Waals surface area contributed by atoms with Crippen molar-refractivity contribution in [1.82, 2.24) is 0 Å². The summed E-state index contributed by atoms with van der Waals surface area (Å²) in [7, 11) is -8.89. The molecule has 0 saturated heterocycles. The minimum absolute atomic E-state index is 0.736. The van der Waals surface area contributed by atoms with Crippen LogP contribution in [0.1, 0.15) is 59.3 Å². The topological polar surface area (TPSA) is 112 Å². The summed E-state index contributed by atoms with van der Waals surface area (Å²) in [5.41, 5.74) is 4.97. The van der Waals surface area contributed by atoms with Crippen molar-refractivity contribution < 1.29 is 37.3 Å². The second-order valence-corrected chi connectivity index (χ2v) is 10.2. The maximum absolute atomic E-state index is 12.5. The zero-order chi connectivity index (χ0) is 21.7. The standard InChI is InChI=1S/C19H30O8P2/c1-14-8-5-11-16(3)19(25-28(20,21)27-29(22,23)26-24-4)18-15(2)10-7-13-17(18)12-6-9-14/h9,11,13,19H,5-8,10,12H2,1-4H3,(H,20,21)(H,22,23)/b14-9+,16-11+. The predicted octanol–water partition coefficient (Wildman–Crippen LogP) is 5.67. The van der Waals surface area contributed by atoms with Crippen molar-refractivity contribution in [3.05, 3.63) is 46.1 Å². The van der Waals surface area contributed by atoms with Crippen molar-refractivity contribution in [2.75, 3.05) is 7.11 Å². The minimum Gasteiger partial charge on any atom is -0.302 e. The van der Waals surface area contributed by atoms with Gasteiger partial charge in [-0.3, -0.25) is 4.52 Å². The van der Waals surface area contributed by atoms with Crippen LogP contribution < -0.4 is 0 Å². The number of phosphoric ester groups is 1. The number of allylic oxidation sites excluding steroid dienone is 5. The lowest BCUT2D eigenvalue weighted by Gasteiger charge is -2.29. The quantitative estimate of drug-likeness (QED) is 0.231. The maximum atomic E-state index is 12.5. The summed E-state index contributed by atoms with van der Waals surface area (Å²) in [5, 5.41) is 0. The van der Waals surface area contributed by atoms with Gasteiger partial charge in [0, 0.05) is 0 Å². The first-order valence-corrected chi connectivity index (χ1v) is 12.5. The SMILES string of the molecule is COOP(=O)(O)OP(=O)(O)OC1C2=C(C)CCC=C2CC/C=C(\C)CC/C=C/1C. The van der Waals surface area contributed by atoms with Crippen LogP contribution in [-0.2, 0) is 27.5 Å². The zero-order valence-electron chi connectivity index (χ0n) is 17.3. The number of fused-ring (bicyclic) bond motifs is 1. The molecule has 0 saturated carbocycles. The summed E-state index contributed by atoms with van der Waals surface area (Å²) in [5.74, 6) is 0. The lowest BCUT2D eigenvalue weighted by molar-refractivity contribution is -0.194. The summed E-state index contributed by atoms with van der Waals surface area (Å²) in [6.07, 6.45) is 10.4. The summed E-state index contributed by atoms with van der Waals surface area (Å²) in [6, 6.07) is 0. The van der Waals surface area contributed by atoms with Crippen LogP contribution in [0.5, 0.6) is 0 Å². The van der Waals surface area contributed by atoms with E-state index in [1.165, 1.54) is 5.57 Å². The number of hydrogen-bond acceptors (Lipinski definition) is 6. The molecule has 0 amide bonds. The first-order valence-electron chi connectivity index (χ1n) is 9.53. The highest BCUT2D eigenvalue weighted by atomic mass is 31.3. The van der Waals surface area contributed by atoms with Crippen LogP contribution >= 0.6 is 15.6 Å². The van der Waals surface area contributed by atoms with Gasteiger partial charge in [-0.15, -0.1) is 4.67 Å². The molecule has 0 aromatic heterocycles. The maximum Gasteiger partial charge on any atom is 0.508 e. The molecule has 0 aromatic rings. The van der Waals surface area contributed by atoms with Crippen LogP contribution in [0.2, 0.25) is 0 Å². The van der Waals surface area contributed by atoms with E-state index in [0.717, 1.165) is 67.9 Å². The van der Waals surface area contributed by atoms with Crippen LogP contribution in [0.15, 0.2) is 46.1 Å². The Morgan fingerprint density at radius 1 is 0.931 bits per heavy atom. The Bertz CT molecular complexity index is 824. The van der Waals surface area contributed by atoms with Gasteiger partial charge in [0.15, 0.2) is 0 Å². The molecule has 0 aromatic carbocycles. The van der Waals surface area contributed by atoms with E-state index in [-0.39, 0.29) is 0 Å². The smallest absolute Gasteiger partial charge is 0.302 e. The highest BCUT2D eigenvalue weighted by Crippen LogP contribution is 2.62. The predicted molar refractivity (Wildman–Crippen MR) is 110 cm³/mol. The Labute approximate surface area is 172 Å². The zero-order valence-corrected chi connectivity index (χ0v) is 19.1. The molecule has 0 heterocycles. The van der Waals surface area contributed by atoms with Crippen molar-refractivity contribution in [1.29, 1.82) is 0 Å². The first kappa shape index (κ1) is 24.4. The van der Waals surface area contributed by atoms with Gasteiger partial charge in [0.1, 0.15) is 6.10 Å². The molecule has 3 atom stereocenters. The second-order valence-electron chi connectivity index (χ2n) is 7.28. The normalized spacial score (nSPS) is 29.2. The van der Waals surface area contributed by atoms with Gasteiger partial charge in [0.25, 0.3) is 0 Å². The van der Waals surface area contributed by atoms with Crippen LogP contribution in [0, 0.1) is 0 Å². The molecule has 0 fully saturated rings. The van der Waals surface area contributed by atoms with E-state index in [1.54, 1.807) is 0 Å². The van der Waals surface area contributed by atoms with Crippen molar-refractivity contribution in [2.45, 2.75) is 65.4 Å². The van der Waals surface area contributed by atoms with E-state index < -0.39 is 21.7 Å². The molecule has 0 radical (unpaired) electrons. The van der Waals surface area contributed by atoms with Gasteiger partial charge in [0.2, 0.25) is 0 Å². The lowest BCUT2D eigenvalue weighted by atomic mass is 9.84. The Balaban J connectivity index is 2.41. The van der Waals surface area contributed by atoms with Crippen LogP contribution in [0.4, 0.5) is 0 Å². The lowest BCUT2D eigenvalue weighted by Crippen LogP contribution is -2.21. The molecule has 2 aliphatic rings. The van der Waals surface area contributed by atoms with Gasteiger partial charge in [-0.2, -0.15) is 4.31 Å². The molecule has 0 bridgehead atoms. The number of phosphoric acid groups is 2. The first-order chi connectivity index (χ1) is 13.5. The third kappa shape index (κ3) is 7.42. The van der Waals surface area contributed by atoms with Gasteiger partial charge in [-0.25, -0.2) is 14.0 Å². The van der Waals surface area contributed by atoms with Crippen molar-refractivity contribution in [3.8, 4) is 0 Å². The van der Waals surface area contributed by atoms with Gasteiger partial charge in [-0.05, 0) is 76.0 Å². The molecule has 10 heteroatoms. The third-order valence-electron chi connectivity index (χ3n) is 4.92. The molecule has 2 N–H and O–H groups in total. The van der Waals surface area contributed by atoms with Crippen molar-refractivity contribution in [2.24, 2.45) is 0 Å². The molecular weight excluding hydrogens is 418 g/mol. The highest BCUT2D eigenvalue weighted by molar-refractivity contribution is 7.61. The summed E-state index contributed by atoms with van der Waals surface area (Å²) in [4.78, 5) is 23.8. The molecular formula is C19H30O8P2. The molecule has 3 unspecified atom stereocenters. The van der Waals surface area contributed by atoms with E-state index in [0.29, 0.717) is 0 Å². The van der Waals surface area contributed by atoms with E-state index in [4.69, 9.17) is 4.52 Å². The molecule has 164 valence electrons. The Morgan fingerprint density at radius 3 is 2.28 bits per heavy atom. The number of hydrogen-bond donors (Lipinski definition) is 2. The van der Waals surface area contributed by atoms with Crippen LogP contribution in [-0.4, -0.2) is 23.0 Å². The van der Waals surface area contributed by atoms with Gasteiger partial charge < -0.3 is 9.79 Å². The van der Waals surface area contributed by atoms with Gasteiger partial charge in [-0.1, -0.05) is 29.4 Å². The fourth-order valence-electron chi connectivity index (χ4n) is 3.58. The van der Waals surface area contributed by atoms with Gasteiger partial charge in [0.05, 0.1) is 7.11 Å². The van der Waals surface area contributed by atoms with E-state index in [2.05, 4.69) is 32.9 Å². The van der Waals surface area contributed by atoms with E-state index in [1.807, 2.05) is 19.9 Å². The molecule has 2 aliphatic carbocycles. The molecule has 2 rings (SSSR count). The fraction of sp³-hybridized carbons (Fsp3) is 0.579. The van der Waals surface area contributed by atoms with E-state index >= 15 is 0 Å². The number of rotatable bonds is 6. The molecule has 0 spiro atoms. The van der Waals surface area contributed by atoms with Crippen molar-refractivity contribution in [3.63, 3.8) is 0 Å².